The lowest BCUT2D eigenvalue weighted by Gasteiger charge is -2.11. The van der Waals surface area contributed by atoms with Gasteiger partial charge in [0.25, 0.3) is 0 Å². The maximum absolute atomic E-state index is 13.7. The minimum Gasteiger partial charge on any atom is -0.493 e. The summed E-state index contributed by atoms with van der Waals surface area (Å²) in [5.74, 6) is -1.18. The summed E-state index contributed by atoms with van der Waals surface area (Å²) in [5, 5.41) is 6.31. The highest BCUT2D eigenvalue weighted by atomic mass is 19.1. The van der Waals surface area contributed by atoms with E-state index in [4.69, 9.17) is 9.47 Å². The Morgan fingerprint density at radius 2 is 1.72 bits per heavy atom. The second-order valence-electron chi connectivity index (χ2n) is 6.66. The van der Waals surface area contributed by atoms with Gasteiger partial charge in [-0.3, -0.25) is 9.59 Å². The highest BCUT2D eigenvalue weighted by Gasteiger charge is 2.12. The average Bonchev–Trinajstić information content (AvgIpc) is 2.83. The zero-order valence-corrected chi connectivity index (χ0v) is 17.4. The molecule has 0 fully saturated rings. The van der Waals surface area contributed by atoms with E-state index in [1.165, 1.54) is 19.4 Å². The smallest absolute Gasteiger partial charge is 0.329 e. The van der Waals surface area contributed by atoms with Crippen LogP contribution < -0.4 is 20.2 Å². The van der Waals surface area contributed by atoms with Crippen LogP contribution in [0.5, 0.6) is 11.5 Å². The van der Waals surface area contributed by atoms with Crippen LogP contribution in [0.3, 0.4) is 0 Å². The number of carbonyl (C=O) groups is 2. The van der Waals surface area contributed by atoms with Crippen LogP contribution in [0.1, 0.15) is 16.7 Å². The van der Waals surface area contributed by atoms with Crippen molar-refractivity contribution in [3.05, 3.63) is 95.3 Å². The summed E-state index contributed by atoms with van der Waals surface area (Å²) in [6.45, 7) is 0.285. The van der Waals surface area contributed by atoms with Crippen molar-refractivity contribution >= 4 is 18.0 Å². The third-order valence-electron chi connectivity index (χ3n) is 4.41. The minimum absolute atomic E-state index is 0.0462. The number of rotatable bonds is 8. The molecule has 0 aliphatic heterocycles. The van der Waals surface area contributed by atoms with Crippen molar-refractivity contribution in [3.8, 4) is 11.5 Å². The van der Waals surface area contributed by atoms with E-state index in [1.54, 1.807) is 36.4 Å². The van der Waals surface area contributed by atoms with Crippen molar-refractivity contribution in [1.82, 2.24) is 10.7 Å². The van der Waals surface area contributed by atoms with Gasteiger partial charge in [-0.25, -0.2) is 9.82 Å². The molecular formula is C24H22FN3O4. The molecule has 0 bridgehead atoms. The monoisotopic (exact) mass is 435 g/mol. The van der Waals surface area contributed by atoms with Crippen molar-refractivity contribution in [2.75, 3.05) is 7.11 Å². The first-order valence-electron chi connectivity index (χ1n) is 9.76. The van der Waals surface area contributed by atoms with Crippen molar-refractivity contribution in [2.45, 2.75) is 13.2 Å². The van der Waals surface area contributed by atoms with E-state index in [0.717, 1.165) is 5.56 Å². The number of nitrogens with zero attached hydrogens (tertiary/aromatic N) is 1. The summed E-state index contributed by atoms with van der Waals surface area (Å²) in [5.41, 5.74) is 4.08. The molecular weight excluding hydrogens is 413 g/mol. The molecule has 3 aromatic rings. The molecule has 0 saturated carbocycles. The number of hydrazone groups is 1. The highest BCUT2D eigenvalue weighted by molar-refractivity contribution is 6.35. The summed E-state index contributed by atoms with van der Waals surface area (Å²) in [6.07, 6.45) is 1.37. The average molecular weight is 435 g/mol. The predicted octanol–water partition coefficient (Wildman–Crippen LogP) is 3.18. The third-order valence-corrected chi connectivity index (χ3v) is 4.41. The number of halogens is 1. The summed E-state index contributed by atoms with van der Waals surface area (Å²) in [4.78, 5) is 23.7. The van der Waals surface area contributed by atoms with E-state index in [-0.39, 0.29) is 19.0 Å². The van der Waals surface area contributed by atoms with Gasteiger partial charge in [0.2, 0.25) is 0 Å². The van der Waals surface area contributed by atoms with Gasteiger partial charge in [0.15, 0.2) is 11.5 Å². The molecule has 3 rings (SSSR count). The van der Waals surface area contributed by atoms with Gasteiger partial charge in [-0.15, -0.1) is 0 Å². The molecule has 8 heteroatoms. The number of methoxy groups -OCH3 is 1. The zero-order valence-electron chi connectivity index (χ0n) is 17.4. The number of hydrogen-bond acceptors (Lipinski definition) is 5. The van der Waals surface area contributed by atoms with Gasteiger partial charge >= 0.3 is 11.8 Å². The molecule has 0 aliphatic carbocycles. The van der Waals surface area contributed by atoms with E-state index in [0.29, 0.717) is 22.6 Å². The zero-order chi connectivity index (χ0) is 22.8. The minimum atomic E-state index is -0.881. The van der Waals surface area contributed by atoms with Gasteiger partial charge in [-0.05, 0) is 35.4 Å². The molecule has 2 N–H and O–H groups in total. The number of amides is 2. The van der Waals surface area contributed by atoms with Crippen LogP contribution in [0, 0.1) is 5.82 Å². The van der Waals surface area contributed by atoms with Crippen molar-refractivity contribution in [2.24, 2.45) is 5.10 Å². The van der Waals surface area contributed by atoms with Gasteiger partial charge in [0.1, 0.15) is 12.4 Å². The van der Waals surface area contributed by atoms with Gasteiger partial charge in [-0.2, -0.15) is 5.10 Å². The number of nitrogens with one attached hydrogen (secondary N) is 2. The second kappa shape index (κ2) is 11.3. The Morgan fingerprint density at radius 3 is 2.47 bits per heavy atom. The molecule has 0 unspecified atom stereocenters. The van der Waals surface area contributed by atoms with Crippen LogP contribution >= 0.6 is 0 Å². The van der Waals surface area contributed by atoms with E-state index in [1.807, 2.05) is 30.3 Å². The van der Waals surface area contributed by atoms with Crippen LogP contribution in [0.15, 0.2) is 77.9 Å². The maximum atomic E-state index is 13.7. The molecule has 0 aromatic heterocycles. The first-order valence-corrected chi connectivity index (χ1v) is 9.76. The maximum Gasteiger partial charge on any atom is 0.329 e. The lowest BCUT2D eigenvalue weighted by Crippen LogP contribution is -2.37. The summed E-state index contributed by atoms with van der Waals surface area (Å²) in [6, 6.07) is 20.6. The normalized spacial score (nSPS) is 10.6. The highest BCUT2D eigenvalue weighted by Crippen LogP contribution is 2.28. The second-order valence-corrected chi connectivity index (χ2v) is 6.66. The Balaban J connectivity index is 1.53. The molecule has 0 radical (unpaired) electrons. The summed E-state index contributed by atoms with van der Waals surface area (Å²) in [7, 11) is 1.48. The van der Waals surface area contributed by atoms with E-state index in [2.05, 4.69) is 15.8 Å². The van der Waals surface area contributed by atoms with Crippen molar-refractivity contribution in [3.63, 3.8) is 0 Å². The first kappa shape index (κ1) is 22.5. The van der Waals surface area contributed by atoms with E-state index >= 15 is 0 Å². The Kier molecular flexibility index (Phi) is 7.91. The molecule has 2 amide bonds. The molecule has 0 saturated heterocycles. The fourth-order valence-electron chi connectivity index (χ4n) is 2.73. The van der Waals surface area contributed by atoms with Crippen LogP contribution in [0.2, 0.25) is 0 Å². The molecule has 0 spiro atoms. The predicted molar refractivity (Wildman–Crippen MR) is 118 cm³/mol. The molecule has 7 nitrogen and oxygen atoms in total. The topological polar surface area (TPSA) is 89.0 Å². The number of carbonyl (C=O) groups excluding carboxylic acids is 2. The fraction of sp³-hybridized carbons (Fsp3) is 0.125. The summed E-state index contributed by atoms with van der Waals surface area (Å²) >= 11 is 0. The third kappa shape index (κ3) is 6.40. The van der Waals surface area contributed by atoms with Crippen LogP contribution in [-0.2, 0) is 22.7 Å². The van der Waals surface area contributed by atoms with Crippen LogP contribution in [-0.4, -0.2) is 25.1 Å². The van der Waals surface area contributed by atoms with Crippen molar-refractivity contribution in [1.29, 1.82) is 0 Å². The standard InChI is InChI=1S/C24H22FN3O4/c1-31-22-13-18(11-12-21(22)32-16-19-9-5-6-10-20(19)25)15-27-28-24(30)23(29)26-14-17-7-3-2-4-8-17/h2-13,15H,14,16H2,1H3,(H,26,29)(H,28,30)/b27-15+. The Bertz CT molecular complexity index is 1100. The van der Waals surface area contributed by atoms with Crippen LogP contribution in [0.25, 0.3) is 0 Å². The van der Waals surface area contributed by atoms with E-state index in [9.17, 15) is 14.0 Å². The lowest BCUT2D eigenvalue weighted by atomic mass is 10.2. The Labute approximate surface area is 184 Å². The van der Waals surface area contributed by atoms with E-state index < -0.39 is 11.8 Å². The quantitative estimate of drug-likeness (QED) is 0.323. The molecule has 3 aromatic carbocycles. The summed E-state index contributed by atoms with van der Waals surface area (Å²) < 4.78 is 24.7. The Hall–Kier alpha value is -4.20. The van der Waals surface area contributed by atoms with Gasteiger partial charge < -0.3 is 14.8 Å². The molecule has 0 heterocycles. The molecule has 0 atom stereocenters. The van der Waals surface area contributed by atoms with Gasteiger partial charge in [0.05, 0.1) is 13.3 Å². The van der Waals surface area contributed by atoms with Gasteiger partial charge in [0, 0.05) is 12.1 Å². The number of benzene rings is 3. The number of hydrogen-bond donors (Lipinski definition) is 2. The van der Waals surface area contributed by atoms with Crippen molar-refractivity contribution < 1.29 is 23.5 Å². The SMILES string of the molecule is COc1cc(/C=N/NC(=O)C(=O)NCc2ccccc2)ccc1OCc1ccccc1F. The Morgan fingerprint density at radius 1 is 0.969 bits per heavy atom. The van der Waals surface area contributed by atoms with Crippen LogP contribution in [0.4, 0.5) is 4.39 Å². The molecule has 0 aliphatic rings. The molecule has 164 valence electrons. The fourth-order valence-corrected chi connectivity index (χ4v) is 2.73. The lowest BCUT2D eigenvalue weighted by molar-refractivity contribution is -0.139. The largest absolute Gasteiger partial charge is 0.493 e. The molecule has 32 heavy (non-hydrogen) atoms. The first-order chi connectivity index (χ1) is 15.6. The van der Waals surface area contributed by atoms with Gasteiger partial charge in [-0.1, -0.05) is 48.5 Å². The number of ether oxygens (including phenoxy) is 2.